The van der Waals surface area contributed by atoms with Gasteiger partial charge in [0.05, 0.1) is 17.1 Å². The van der Waals surface area contributed by atoms with Crippen LogP contribution >= 0.6 is 11.3 Å². The molecule has 1 aromatic heterocycles. The third kappa shape index (κ3) is 4.39. The zero-order chi connectivity index (χ0) is 16.1. The van der Waals surface area contributed by atoms with Crippen molar-refractivity contribution in [2.75, 3.05) is 19.6 Å². The fourth-order valence-corrected chi connectivity index (χ4v) is 4.09. The Hall–Kier alpha value is -1.72. The summed E-state index contributed by atoms with van der Waals surface area (Å²) in [6.07, 6.45) is 4.87. The molecular formula is C18H22N2O2S. The molecule has 1 aliphatic rings. The van der Waals surface area contributed by atoms with Crippen molar-refractivity contribution in [2.45, 2.75) is 32.1 Å². The van der Waals surface area contributed by atoms with Crippen molar-refractivity contribution in [1.82, 2.24) is 9.88 Å². The molecule has 0 spiro atoms. The number of piperidine rings is 1. The first-order chi connectivity index (χ1) is 11.2. The molecule has 0 unspecified atom stereocenters. The van der Waals surface area contributed by atoms with E-state index in [0.717, 1.165) is 34.1 Å². The summed E-state index contributed by atoms with van der Waals surface area (Å²) < 4.78 is 0. The highest BCUT2D eigenvalue weighted by atomic mass is 32.1. The molecule has 0 radical (unpaired) electrons. The van der Waals surface area contributed by atoms with Gasteiger partial charge in [-0.3, -0.25) is 4.79 Å². The summed E-state index contributed by atoms with van der Waals surface area (Å²) in [4.78, 5) is 19.2. The Bertz CT molecular complexity index is 648. The van der Waals surface area contributed by atoms with Crippen LogP contribution < -0.4 is 0 Å². The first-order valence-corrected chi connectivity index (χ1v) is 9.02. The number of benzene rings is 1. The molecule has 0 atom stereocenters. The monoisotopic (exact) mass is 330 g/mol. The Kier molecular flexibility index (Phi) is 5.41. The highest BCUT2D eigenvalue weighted by Gasteiger charge is 2.17. The number of nitrogens with zero attached hydrogens (tertiary/aromatic N) is 2. The maximum absolute atomic E-state index is 11.1. The highest BCUT2D eigenvalue weighted by Crippen LogP contribution is 2.29. The van der Waals surface area contributed by atoms with Gasteiger partial charge >= 0.3 is 5.97 Å². The van der Waals surface area contributed by atoms with Crippen LogP contribution in [-0.4, -0.2) is 40.6 Å². The predicted molar refractivity (Wildman–Crippen MR) is 92.9 cm³/mol. The van der Waals surface area contributed by atoms with Crippen molar-refractivity contribution in [3.8, 4) is 11.3 Å². The fourth-order valence-electron chi connectivity index (χ4n) is 3.02. The van der Waals surface area contributed by atoms with Crippen LogP contribution in [0.4, 0.5) is 0 Å². The van der Waals surface area contributed by atoms with Crippen molar-refractivity contribution in [2.24, 2.45) is 0 Å². The van der Waals surface area contributed by atoms with Gasteiger partial charge in [0.1, 0.15) is 0 Å². The van der Waals surface area contributed by atoms with Crippen molar-refractivity contribution in [3.63, 3.8) is 0 Å². The van der Waals surface area contributed by atoms with Gasteiger partial charge in [0.25, 0.3) is 0 Å². The van der Waals surface area contributed by atoms with Gasteiger partial charge < -0.3 is 10.0 Å². The van der Waals surface area contributed by atoms with Crippen molar-refractivity contribution in [1.29, 1.82) is 0 Å². The second-order valence-electron chi connectivity index (χ2n) is 5.97. The standard InChI is InChI=1S/C18H22N2O2S/c21-17(22)13-15-18(14-7-3-1-4-8-14)19-16(23-15)9-12-20-10-5-2-6-11-20/h1,3-4,7-8H,2,5-6,9-13H2,(H,21,22). The molecule has 1 N–H and O–H groups in total. The summed E-state index contributed by atoms with van der Waals surface area (Å²) >= 11 is 1.55. The number of carboxylic acids is 1. The molecule has 1 aromatic carbocycles. The van der Waals surface area contributed by atoms with Gasteiger partial charge in [-0.15, -0.1) is 11.3 Å². The number of aromatic nitrogens is 1. The van der Waals surface area contributed by atoms with Gasteiger partial charge in [0.2, 0.25) is 0 Å². The molecule has 0 bridgehead atoms. The second kappa shape index (κ2) is 7.70. The Morgan fingerprint density at radius 2 is 1.91 bits per heavy atom. The summed E-state index contributed by atoms with van der Waals surface area (Å²) in [5.74, 6) is -0.798. The summed E-state index contributed by atoms with van der Waals surface area (Å²) in [6, 6.07) is 9.88. The maximum atomic E-state index is 11.1. The number of thiazole rings is 1. The SMILES string of the molecule is O=C(O)Cc1sc(CCN2CCCCC2)nc1-c1ccccc1. The number of hydrogen-bond acceptors (Lipinski definition) is 4. The molecule has 0 aliphatic carbocycles. The van der Waals surface area contributed by atoms with Gasteiger partial charge in [0, 0.05) is 23.4 Å². The maximum Gasteiger partial charge on any atom is 0.308 e. The summed E-state index contributed by atoms with van der Waals surface area (Å²) in [5.41, 5.74) is 1.84. The largest absolute Gasteiger partial charge is 0.481 e. The zero-order valence-corrected chi connectivity index (χ0v) is 14.0. The minimum Gasteiger partial charge on any atom is -0.481 e. The number of aliphatic carboxylic acids is 1. The summed E-state index contributed by atoms with van der Waals surface area (Å²) in [6.45, 7) is 3.38. The average molecular weight is 330 g/mol. The molecule has 0 saturated carbocycles. The van der Waals surface area contributed by atoms with Crippen LogP contribution in [-0.2, 0) is 17.6 Å². The molecule has 23 heavy (non-hydrogen) atoms. The fraction of sp³-hybridized carbons (Fsp3) is 0.444. The summed E-state index contributed by atoms with van der Waals surface area (Å²) in [5, 5.41) is 10.2. The van der Waals surface area contributed by atoms with E-state index in [1.165, 1.54) is 32.4 Å². The second-order valence-corrected chi connectivity index (χ2v) is 7.14. The number of carboxylic acid groups (broad SMARTS) is 1. The van der Waals surface area contributed by atoms with Crippen molar-refractivity contribution >= 4 is 17.3 Å². The normalized spacial score (nSPS) is 15.7. The van der Waals surface area contributed by atoms with Gasteiger partial charge in [-0.25, -0.2) is 4.98 Å². The lowest BCUT2D eigenvalue weighted by Crippen LogP contribution is -2.31. The van der Waals surface area contributed by atoms with E-state index in [9.17, 15) is 4.79 Å². The number of likely N-dealkylation sites (tertiary alicyclic amines) is 1. The molecule has 1 aliphatic heterocycles. The van der Waals surface area contributed by atoms with E-state index >= 15 is 0 Å². The summed E-state index contributed by atoms with van der Waals surface area (Å²) in [7, 11) is 0. The van der Waals surface area contributed by atoms with Crippen LogP contribution in [0, 0.1) is 0 Å². The van der Waals surface area contributed by atoms with Crippen LogP contribution in [0.15, 0.2) is 30.3 Å². The molecule has 0 amide bonds. The first-order valence-electron chi connectivity index (χ1n) is 8.20. The van der Waals surface area contributed by atoms with Crippen LogP contribution in [0.1, 0.15) is 29.1 Å². The van der Waals surface area contributed by atoms with Crippen LogP contribution in [0.2, 0.25) is 0 Å². The van der Waals surface area contributed by atoms with E-state index in [4.69, 9.17) is 10.1 Å². The lowest BCUT2D eigenvalue weighted by molar-refractivity contribution is -0.136. The zero-order valence-electron chi connectivity index (χ0n) is 13.2. The molecule has 122 valence electrons. The van der Waals surface area contributed by atoms with Gasteiger partial charge in [-0.1, -0.05) is 36.8 Å². The van der Waals surface area contributed by atoms with Crippen molar-refractivity contribution in [3.05, 3.63) is 40.2 Å². The third-order valence-electron chi connectivity index (χ3n) is 4.19. The minimum atomic E-state index is -0.798. The van der Waals surface area contributed by atoms with E-state index in [2.05, 4.69) is 4.90 Å². The van der Waals surface area contributed by atoms with Gasteiger partial charge in [0.15, 0.2) is 0 Å². The lowest BCUT2D eigenvalue weighted by Gasteiger charge is -2.25. The average Bonchev–Trinajstić information content (AvgIpc) is 2.97. The molecule has 1 fully saturated rings. The molecule has 4 nitrogen and oxygen atoms in total. The third-order valence-corrected chi connectivity index (χ3v) is 5.31. The van der Waals surface area contributed by atoms with E-state index in [1.54, 1.807) is 11.3 Å². The van der Waals surface area contributed by atoms with E-state index in [1.807, 2.05) is 30.3 Å². The minimum absolute atomic E-state index is 0.0472. The van der Waals surface area contributed by atoms with Crippen molar-refractivity contribution < 1.29 is 9.90 Å². The quantitative estimate of drug-likeness (QED) is 0.881. The molecule has 3 rings (SSSR count). The predicted octanol–water partition coefficient (Wildman–Crippen LogP) is 3.47. The molecule has 1 saturated heterocycles. The molecular weight excluding hydrogens is 308 g/mol. The van der Waals surface area contributed by atoms with Crippen LogP contribution in [0.25, 0.3) is 11.3 Å². The Labute approximate surface area is 140 Å². The van der Waals surface area contributed by atoms with Crippen LogP contribution in [0.3, 0.4) is 0 Å². The number of hydrogen-bond donors (Lipinski definition) is 1. The molecule has 5 heteroatoms. The van der Waals surface area contributed by atoms with E-state index < -0.39 is 5.97 Å². The Morgan fingerprint density at radius 3 is 2.61 bits per heavy atom. The Morgan fingerprint density at radius 1 is 1.17 bits per heavy atom. The number of rotatable bonds is 6. The topological polar surface area (TPSA) is 53.4 Å². The van der Waals surface area contributed by atoms with E-state index in [0.29, 0.717) is 0 Å². The lowest BCUT2D eigenvalue weighted by atomic mass is 10.1. The first kappa shape index (κ1) is 16.1. The Balaban J connectivity index is 1.75. The molecule has 2 aromatic rings. The van der Waals surface area contributed by atoms with Gasteiger partial charge in [-0.2, -0.15) is 0 Å². The smallest absolute Gasteiger partial charge is 0.308 e. The molecule has 2 heterocycles. The van der Waals surface area contributed by atoms with Gasteiger partial charge in [-0.05, 0) is 25.9 Å². The highest BCUT2D eigenvalue weighted by molar-refractivity contribution is 7.12. The van der Waals surface area contributed by atoms with Crippen LogP contribution in [0.5, 0.6) is 0 Å². The van der Waals surface area contributed by atoms with E-state index in [-0.39, 0.29) is 6.42 Å². The number of carbonyl (C=O) groups is 1.